The topological polar surface area (TPSA) is 55.1 Å². The average molecular weight is 311 g/mol. The maximum Gasteiger partial charge on any atom is 0.221 e. The molecule has 3 nitrogen and oxygen atoms in total. The van der Waals surface area contributed by atoms with E-state index in [-0.39, 0.29) is 29.9 Å². The van der Waals surface area contributed by atoms with Crippen molar-refractivity contribution in [2.75, 3.05) is 0 Å². The van der Waals surface area contributed by atoms with Gasteiger partial charge in [-0.1, -0.05) is 36.2 Å². The lowest BCUT2D eigenvalue weighted by atomic mass is 9.92. The van der Waals surface area contributed by atoms with Gasteiger partial charge >= 0.3 is 0 Å². The molecule has 4 heteroatoms. The SMILES string of the molecule is Cc1cccc(C(C)(C)NC(=O)C[C@@H]2CCC[C@H]2N)c1.Cl. The molecule has 21 heavy (non-hydrogen) atoms. The van der Waals surface area contributed by atoms with E-state index < -0.39 is 0 Å². The van der Waals surface area contributed by atoms with Crippen molar-refractivity contribution in [1.29, 1.82) is 0 Å². The first-order valence-corrected chi connectivity index (χ1v) is 7.52. The molecule has 0 heterocycles. The first-order chi connectivity index (χ1) is 9.38. The summed E-state index contributed by atoms with van der Waals surface area (Å²) in [5.74, 6) is 0.460. The van der Waals surface area contributed by atoms with E-state index in [2.05, 4.69) is 30.4 Å². The third kappa shape index (κ3) is 4.72. The van der Waals surface area contributed by atoms with Crippen LogP contribution < -0.4 is 11.1 Å². The molecule has 3 N–H and O–H groups in total. The molecular formula is C17H27ClN2O. The largest absolute Gasteiger partial charge is 0.347 e. The quantitative estimate of drug-likeness (QED) is 0.896. The Morgan fingerprint density at radius 2 is 2.10 bits per heavy atom. The summed E-state index contributed by atoms with van der Waals surface area (Å²) >= 11 is 0. The smallest absolute Gasteiger partial charge is 0.221 e. The minimum Gasteiger partial charge on any atom is -0.347 e. The molecule has 0 saturated heterocycles. The van der Waals surface area contributed by atoms with Crippen molar-refractivity contribution >= 4 is 18.3 Å². The predicted molar refractivity (Wildman–Crippen MR) is 89.5 cm³/mol. The Morgan fingerprint density at radius 1 is 1.38 bits per heavy atom. The molecule has 0 bridgehead atoms. The second-order valence-corrected chi connectivity index (χ2v) is 6.60. The molecule has 0 aromatic heterocycles. The Kier molecular flexibility index (Phi) is 6.24. The minimum absolute atomic E-state index is 0. The highest BCUT2D eigenvalue weighted by molar-refractivity contribution is 5.85. The fourth-order valence-corrected chi connectivity index (χ4v) is 3.06. The molecule has 1 amide bonds. The number of amides is 1. The Labute approximate surface area is 134 Å². The van der Waals surface area contributed by atoms with Crippen LogP contribution >= 0.6 is 12.4 Å². The third-order valence-electron chi connectivity index (χ3n) is 4.36. The van der Waals surface area contributed by atoms with E-state index in [1.165, 1.54) is 5.56 Å². The van der Waals surface area contributed by atoms with E-state index in [0.29, 0.717) is 12.3 Å². The number of aryl methyl sites for hydroxylation is 1. The zero-order valence-electron chi connectivity index (χ0n) is 13.2. The number of hydrogen-bond acceptors (Lipinski definition) is 2. The molecule has 0 aliphatic heterocycles. The van der Waals surface area contributed by atoms with E-state index >= 15 is 0 Å². The molecule has 118 valence electrons. The van der Waals surface area contributed by atoms with Gasteiger partial charge in [0.1, 0.15) is 0 Å². The van der Waals surface area contributed by atoms with Gasteiger partial charge in [-0.15, -0.1) is 12.4 Å². The van der Waals surface area contributed by atoms with Gasteiger partial charge in [0.05, 0.1) is 5.54 Å². The van der Waals surface area contributed by atoms with E-state index in [0.717, 1.165) is 24.8 Å². The van der Waals surface area contributed by atoms with Crippen molar-refractivity contribution in [1.82, 2.24) is 5.32 Å². The molecule has 1 aromatic rings. The predicted octanol–water partition coefficient (Wildman–Crippen LogP) is 3.29. The van der Waals surface area contributed by atoms with Crippen LogP contribution in [0, 0.1) is 12.8 Å². The molecule has 1 aliphatic carbocycles. The van der Waals surface area contributed by atoms with Crippen molar-refractivity contribution in [2.24, 2.45) is 11.7 Å². The summed E-state index contributed by atoms with van der Waals surface area (Å²) in [6.07, 6.45) is 3.84. The summed E-state index contributed by atoms with van der Waals surface area (Å²) in [4.78, 5) is 12.3. The molecule has 2 rings (SSSR count). The highest BCUT2D eigenvalue weighted by atomic mass is 35.5. The zero-order chi connectivity index (χ0) is 14.8. The standard InChI is InChI=1S/C17H26N2O.ClH/c1-12-6-4-8-14(10-12)17(2,3)19-16(20)11-13-7-5-9-15(13)18;/h4,6,8,10,13,15H,5,7,9,11,18H2,1-3H3,(H,19,20);1H/t13-,15+;/m0./s1. The molecule has 0 radical (unpaired) electrons. The summed E-state index contributed by atoms with van der Waals surface area (Å²) in [6, 6.07) is 8.49. The lowest BCUT2D eigenvalue weighted by Gasteiger charge is -2.28. The summed E-state index contributed by atoms with van der Waals surface area (Å²) in [5, 5.41) is 3.15. The van der Waals surface area contributed by atoms with Gasteiger partial charge in [0.2, 0.25) is 5.91 Å². The summed E-state index contributed by atoms with van der Waals surface area (Å²) in [6.45, 7) is 6.17. The molecule has 0 unspecified atom stereocenters. The number of nitrogens with two attached hydrogens (primary N) is 1. The van der Waals surface area contributed by atoms with Gasteiger partial charge in [-0.25, -0.2) is 0 Å². The summed E-state index contributed by atoms with van der Waals surface area (Å²) < 4.78 is 0. The first-order valence-electron chi connectivity index (χ1n) is 7.52. The Morgan fingerprint density at radius 3 is 2.67 bits per heavy atom. The summed E-state index contributed by atoms with van der Waals surface area (Å²) in [5.41, 5.74) is 8.05. The van der Waals surface area contributed by atoms with Crippen molar-refractivity contribution < 1.29 is 4.79 Å². The molecule has 1 fully saturated rings. The highest BCUT2D eigenvalue weighted by Crippen LogP contribution is 2.28. The van der Waals surface area contributed by atoms with Crippen LogP contribution in [0.25, 0.3) is 0 Å². The minimum atomic E-state index is -0.341. The van der Waals surface area contributed by atoms with Crippen LogP contribution in [0.1, 0.15) is 50.7 Å². The molecule has 1 aliphatic rings. The van der Waals surface area contributed by atoms with E-state index in [4.69, 9.17) is 5.73 Å². The maximum atomic E-state index is 12.3. The van der Waals surface area contributed by atoms with Gasteiger partial charge < -0.3 is 11.1 Å². The lowest BCUT2D eigenvalue weighted by Crippen LogP contribution is -2.42. The van der Waals surface area contributed by atoms with Crippen LogP contribution in [0.5, 0.6) is 0 Å². The normalized spacial score (nSPS) is 21.7. The highest BCUT2D eigenvalue weighted by Gasteiger charge is 2.29. The molecule has 1 aromatic carbocycles. The van der Waals surface area contributed by atoms with E-state index in [1.54, 1.807) is 0 Å². The van der Waals surface area contributed by atoms with Crippen LogP contribution in [0.4, 0.5) is 0 Å². The van der Waals surface area contributed by atoms with Gasteiger partial charge in [-0.05, 0) is 45.1 Å². The number of carbonyl (C=O) groups excluding carboxylic acids is 1. The fourth-order valence-electron chi connectivity index (χ4n) is 3.06. The monoisotopic (exact) mass is 310 g/mol. The molecular weight excluding hydrogens is 284 g/mol. The van der Waals surface area contributed by atoms with Crippen LogP contribution in [-0.2, 0) is 10.3 Å². The number of halogens is 1. The number of hydrogen-bond donors (Lipinski definition) is 2. The van der Waals surface area contributed by atoms with Crippen LogP contribution in [0.15, 0.2) is 24.3 Å². The van der Waals surface area contributed by atoms with Crippen LogP contribution in [0.3, 0.4) is 0 Å². The van der Waals surface area contributed by atoms with Gasteiger partial charge in [-0.3, -0.25) is 4.79 Å². The van der Waals surface area contributed by atoms with Gasteiger partial charge in [0.15, 0.2) is 0 Å². The Bertz CT molecular complexity index is 487. The van der Waals surface area contributed by atoms with Crippen LogP contribution in [-0.4, -0.2) is 11.9 Å². The zero-order valence-corrected chi connectivity index (χ0v) is 14.0. The van der Waals surface area contributed by atoms with Gasteiger partial charge in [-0.2, -0.15) is 0 Å². The van der Waals surface area contributed by atoms with Crippen molar-refractivity contribution in [2.45, 2.75) is 58.0 Å². The third-order valence-corrected chi connectivity index (χ3v) is 4.36. The molecule has 2 atom stereocenters. The molecule has 0 spiro atoms. The lowest BCUT2D eigenvalue weighted by molar-refractivity contribution is -0.123. The van der Waals surface area contributed by atoms with E-state index in [1.807, 2.05) is 19.9 Å². The number of carbonyl (C=O) groups is 1. The van der Waals surface area contributed by atoms with E-state index in [9.17, 15) is 4.79 Å². The molecule has 1 saturated carbocycles. The second kappa shape index (κ2) is 7.28. The number of rotatable bonds is 4. The maximum absolute atomic E-state index is 12.3. The second-order valence-electron chi connectivity index (χ2n) is 6.60. The number of benzene rings is 1. The Hall–Kier alpha value is -1.06. The van der Waals surface area contributed by atoms with Crippen molar-refractivity contribution in [3.8, 4) is 0 Å². The number of nitrogens with one attached hydrogen (secondary N) is 1. The van der Waals surface area contributed by atoms with Crippen LogP contribution in [0.2, 0.25) is 0 Å². The van der Waals surface area contributed by atoms with Gasteiger partial charge in [0, 0.05) is 12.5 Å². The Balaban J connectivity index is 0.00000220. The first kappa shape index (κ1) is 18.0. The summed E-state index contributed by atoms with van der Waals surface area (Å²) in [7, 11) is 0. The fraction of sp³-hybridized carbons (Fsp3) is 0.588. The average Bonchev–Trinajstić information content (AvgIpc) is 2.74. The van der Waals surface area contributed by atoms with Crippen molar-refractivity contribution in [3.05, 3.63) is 35.4 Å². The van der Waals surface area contributed by atoms with Crippen molar-refractivity contribution in [3.63, 3.8) is 0 Å². The van der Waals surface area contributed by atoms with Gasteiger partial charge in [0.25, 0.3) is 0 Å².